The Morgan fingerprint density at radius 3 is 2.48 bits per heavy atom. The van der Waals surface area contributed by atoms with Gasteiger partial charge in [-0.2, -0.15) is 0 Å². The van der Waals surface area contributed by atoms with Crippen LogP contribution in [0.1, 0.15) is 37.7 Å². The molecular weight excluding hydrogens is 269 g/mol. The van der Waals surface area contributed by atoms with Gasteiger partial charge >= 0.3 is 0 Å². The molecule has 0 N–H and O–H groups in total. The molecule has 116 valence electrons. The molecule has 1 aromatic rings. The number of hydrogen-bond acceptors (Lipinski definition) is 2. The normalized spacial score (nSPS) is 14.3. The van der Waals surface area contributed by atoms with Gasteiger partial charge in [-0.15, -0.1) is 0 Å². The summed E-state index contributed by atoms with van der Waals surface area (Å²) < 4.78 is 18.3. The lowest BCUT2D eigenvalue weighted by molar-refractivity contribution is -0.140. The predicted molar refractivity (Wildman–Crippen MR) is 80.6 cm³/mol. The van der Waals surface area contributed by atoms with E-state index < -0.39 is 0 Å². The average molecular weight is 293 g/mol. The molecule has 0 bridgehead atoms. The van der Waals surface area contributed by atoms with Gasteiger partial charge in [-0.3, -0.25) is 4.79 Å². The van der Waals surface area contributed by atoms with Crippen LogP contribution in [0.3, 0.4) is 0 Å². The summed E-state index contributed by atoms with van der Waals surface area (Å²) in [5.74, 6) is 0.0789. The first-order valence-corrected chi connectivity index (χ1v) is 7.85. The van der Waals surface area contributed by atoms with Gasteiger partial charge in [-0.25, -0.2) is 4.39 Å². The largest absolute Gasteiger partial charge is 0.380 e. The second-order valence-electron chi connectivity index (χ2n) is 5.53. The van der Waals surface area contributed by atoms with Gasteiger partial charge in [0.15, 0.2) is 0 Å². The Labute approximate surface area is 126 Å². The van der Waals surface area contributed by atoms with Crippen molar-refractivity contribution in [2.24, 2.45) is 0 Å². The van der Waals surface area contributed by atoms with E-state index in [-0.39, 0.29) is 11.7 Å². The number of carbonyl (C=O) groups excluding carboxylic acids is 1. The van der Waals surface area contributed by atoms with Crippen molar-refractivity contribution in [1.82, 2.24) is 4.90 Å². The lowest BCUT2D eigenvalue weighted by Gasteiger charge is -2.30. The van der Waals surface area contributed by atoms with E-state index in [4.69, 9.17) is 4.74 Å². The average Bonchev–Trinajstić information content (AvgIpc) is 2.49. The van der Waals surface area contributed by atoms with E-state index >= 15 is 0 Å². The molecule has 0 radical (unpaired) electrons. The maximum atomic E-state index is 12.7. The molecule has 0 aromatic heterocycles. The molecule has 21 heavy (non-hydrogen) atoms. The summed E-state index contributed by atoms with van der Waals surface area (Å²) in [7, 11) is 0. The zero-order chi connectivity index (χ0) is 14.9. The third kappa shape index (κ3) is 5.84. The van der Waals surface area contributed by atoms with E-state index in [1.165, 1.54) is 24.1 Å². The van der Waals surface area contributed by atoms with Crippen LogP contribution in [0.15, 0.2) is 24.3 Å². The van der Waals surface area contributed by atoms with Crippen LogP contribution in [-0.4, -0.2) is 37.1 Å². The molecule has 1 aliphatic rings. The molecule has 1 saturated heterocycles. The number of hydrogen-bond donors (Lipinski definition) is 0. The number of halogens is 1. The highest BCUT2D eigenvalue weighted by atomic mass is 19.1. The minimum Gasteiger partial charge on any atom is -0.380 e. The zero-order valence-electron chi connectivity index (χ0n) is 12.5. The number of carbonyl (C=O) groups is 1. The molecule has 0 unspecified atom stereocenters. The quantitative estimate of drug-likeness (QED) is 0.490. The number of rotatable bonds is 10. The summed E-state index contributed by atoms with van der Waals surface area (Å²) in [4.78, 5) is 12.9. The molecule has 1 heterocycles. The van der Waals surface area contributed by atoms with Gasteiger partial charge in [0.05, 0.1) is 6.61 Å². The van der Waals surface area contributed by atoms with Crippen molar-refractivity contribution >= 4 is 5.91 Å². The molecule has 2 rings (SSSR count). The van der Waals surface area contributed by atoms with Gasteiger partial charge in [0, 0.05) is 26.1 Å². The van der Waals surface area contributed by atoms with E-state index in [0.717, 1.165) is 45.4 Å². The van der Waals surface area contributed by atoms with Crippen molar-refractivity contribution < 1.29 is 13.9 Å². The van der Waals surface area contributed by atoms with Gasteiger partial charge in [-0.1, -0.05) is 25.0 Å². The number of amides is 1. The molecule has 1 aliphatic heterocycles. The Hall–Kier alpha value is -1.42. The first kappa shape index (κ1) is 16.0. The van der Waals surface area contributed by atoms with Crippen molar-refractivity contribution in [2.45, 2.75) is 38.5 Å². The lowest BCUT2D eigenvalue weighted by atomic mass is 10.1. The summed E-state index contributed by atoms with van der Waals surface area (Å²) in [6, 6.07) is 6.75. The second-order valence-corrected chi connectivity index (χ2v) is 5.53. The molecule has 1 aromatic carbocycles. The minimum atomic E-state index is -0.171. The molecule has 0 aliphatic carbocycles. The SMILES string of the molecule is O=C1CCN1CCOCCCCCCc1ccc(F)cc1. The summed E-state index contributed by atoms with van der Waals surface area (Å²) in [5, 5.41) is 0. The van der Waals surface area contributed by atoms with Gasteiger partial charge in [-0.05, 0) is 37.0 Å². The minimum absolute atomic E-state index is 0.171. The smallest absolute Gasteiger partial charge is 0.224 e. The molecule has 0 saturated carbocycles. The van der Waals surface area contributed by atoms with Crippen LogP contribution >= 0.6 is 0 Å². The number of nitrogens with zero attached hydrogens (tertiary/aromatic N) is 1. The van der Waals surface area contributed by atoms with Gasteiger partial charge in [0.2, 0.25) is 5.91 Å². The fourth-order valence-corrected chi connectivity index (χ4v) is 2.41. The summed E-state index contributed by atoms with van der Waals surface area (Å²) in [6.07, 6.45) is 6.24. The van der Waals surface area contributed by atoms with Crippen molar-refractivity contribution in [1.29, 1.82) is 0 Å². The van der Waals surface area contributed by atoms with E-state index in [0.29, 0.717) is 13.0 Å². The third-order valence-corrected chi connectivity index (χ3v) is 3.87. The topological polar surface area (TPSA) is 29.5 Å². The van der Waals surface area contributed by atoms with Crippen LogP contribution in [0.4, 0.5) is 4.39 Å². The van der Waals surface area contributed by atoms with Gasteiger partial charge < -0.3 is 9.64 Å². The van der Waals surface area contributed by atoms with E-state index in [1.54, 1.807) is 0 Å². The van der Waals surface area contributed by atoms with Crippen molar-refractivity contribution in [2.75, 3.05) is 26.3 Å². The lowest BCUT2D eigenvalue weighted by Crippen LogP contribution is -2.44. The van der Waals surface area contributed by atoms with Crippen molar-refractivity contribution in [3.8, 4) is 0 Å². The Bertz CT molecular complexity index is 433. The highest BCUT2D eigenvalue weighted by molar-refractivity contribution is 5.81. The number of β-lactam (4-membered cyclic amide) rings is 1. The highest BCUT2D eigenvalue weighted by Gasteiger charge is 2.22. The second kappa shape index (κ2) is 8.78. The van der Waals surface area contributed by atoms with Crippen LogP contribution in [0, 0.1) is 5.82 Å². The molecule has 3 nitrogen and oxygen atoms in total. The fraction of sp³-hybridized carbons (Fsp3) is 0.588. The summed E-state index contributed by atoms with van der Waals surface area (Å²) in [6.45, 7) is 3.06. The van der Waals surface area contributed by atoms with Gasteiger partial charge in [0.25, 0.3) is 0 Å². The Morgan fingerprint density at radius 1 is 1.05 bits per heavy atom. The maximum absolute atomic E-state index is 12.7. The van der Waals surface area contributed by atoms with Crippen LogP contribution in [0.5, 0.6) is 0 Å². The Morgan fingerprint density at radius 2 is 1.81 bits per heavy atom. The number of benzene rings is 1. The monoisotopic (exact) mass is 293 g/mol. The van der Waals surface area contributed by atoms with E-state index in [1.807, 2.05) is 17.0 Å². The van der Waals surface area contributed by atoms with E-state index in [2.05, 4.69) is 0 Å². The fourth-order valence-electron chi connectivity index (χ4n) is 2.41. The number of ether oxygens (including phenoxy) is 1. The Balaban J connectivity index is 1.38. The van der Waals surface area contributed by atoms with Crippen LogP contribution < -0.4 is 0 Å². The molecule has 4 heteroatoms. The molecule has 1 amide bonds. The van der Waals surface area contributed by atoms with Crippen LogP contribution in [0.25, 0.3) is 0 Å². The maximum Gasteiger partial charge on any atom is 0.224 e. The predicted octanol–water partition coefficient (Wildman–Crippen LogP) is 3.18. The van der Waals surface area contributed by atoms with Crippen molar-refractivity contribution in [3.05, 3.63) is 35.6 Å². The zero-order valence-corrected chi connectivity index (χ0v) is 12.5. The number of unbranched alkanes of at least 4 members (excludes halogenated alkanes) is 3. The number of aryl methyl sites for hydroxylation is 1. The molecule has 0 atom stereocenters. The molecular formula is C17H24FNO2. The van der Waals surface area contributed by atoms with E-state index in [9.17, 15) is 9.18 Å². The number of likely N-dealkylation sites (tertiary alicyclic amines) is 1. The van der Waals surface area contributed by atoms with Crippen LogP contribution in [0.2, 0.25) is 0 Å². The Kier molecular flexibility index (Phi) is 6.67. The third-order valence-electron chi connectivity index (χ3n) is 3.87. The summed E-state index contributed by atoms with van der Waals surface area (Å²) in [5.41, 5.74) is 1.20. The standard InChI is InChI=1S/C17H24FNO2/c18-16-8-6-15(7-9-16)5-3-1-2-4-13-21-14-12-19-11-10-17(19)20/h6-9H,1-5,10-14H2. The molecule has 0 spiro atoms. The molecule has 1 fully saturated rings. The first-order chi connectivity index (χ1) is 10.3. The summed E-state index contributed by atoms with van der Waals surface area (Å²) >= 11 is 0. The first-order valence-electron chi connectivity index (χ1n) is 7.85. The van der Waals surface area contributed by atoms with Crippen LogP contribution in [-0.2, 0) is 16.0 Å². The highest BCUT2D eigenvalue weighted by Crippen LogP contribution is 2.10. The van der Waals surface area contributed by atoms with Crippen molar-refractivity contribution in [3.63, 3.8) is 0 Å². The van der Waals surface area contributed by atoms with Gasteiger partial charge in [0.1, 0.15) is 5.82 Å².